The van der Waals surface area contributed by atoms with Gasteiger partial charge in [0.2, 0.25) is 0 Å². The van der Waals surface area contributed by atoms with Crippen LogP contribution in [0.1, 0.15) is 28.6 Å². The SMILES string of the molecule is O=C(NCc1nccn1C(F)F)c1cccc(NCc2nnc(-c3ccncc3)[nH]2)c1. The summed E-state index contributed by atoms with van der Waals surface area (Å²) in [5, 5.41) is 14.0. The number of imidazole rings is 1. The summed E-state index contributed by atoms with van der Waals surface area (Å²) in [6, 6.07) is 10.5. The van der Waals surface area contributed by atoms with Gasteiger partial charge in [0.25, 0.3) is 5.91 Å². The Bertz CT molecular complexity index is 1160. The van der Waals surface area contributed by atoms with Gasteiger partial charge in [-0.05, 0) is 30.3 Å². The third-order valence-corrected chi connectivity index (χ3v) is 4.44. The van der Waals surface area contributed by atoms with Crippen molar-refractivity contribution in [3.63, 3.8) is 0 Å². The Morgan fingerprint density at radius 2 is 1.94 bits per heavy atom. The summed E-state index contributed by atoms with van der Waals surface area (Å²) in [7, 11) is 0. The number of H-pyrrole nitrogens is 1. The molecule has 0 spiro atoms. The monoisotopic (exact) mass is 424 g/mol. The van der Waals surface area contributed by atoms with Gasteiger partial charge in [-0.15, -0.1) is 10.2 Å². The second kappa shape index (κ2) is 9.11. The lowest BCUT2D eigenvalue weighted by atomic mass is 10.2. The van der Waals surface area contributed by atoms with Crippen molar-refractivity contribution in [3.05, 3.63) is 78.4 Å². The van der Waals surface area contributed by atoms with E-state index in [1.165, 1.54) is 12.4 Å². The van der Waals surface area contributed by atoms with Gasteiger partial charge < -0.3 is 15.6 Å². The number of nitrogens with one attached hydrogen (secondary N) is 3. The highest BCUT2D eigenvalue weighted by Crippen LogP contribution is 2.15. The van der Waals surface area contributed by atoms with Crippen LogP contribution in [0.25, 0.3) is 11.4 Å². The first-order chi connectivity index (χ1) is 15.1. The minimum atomic E-state index is -2.71. The van der Waals surface area contributed by atoms with Crippen molar-refractivity contribution in [2.45, 2.75) is 19.6 Å². The normalized spacial score (nSPS) is 10.9. The molecule has 0 radical (unpaired) electrons. The van der Waals surface area contributed by atoms with Crippen molar-refractivity contribution in [1.29, 1.82) is 0 Å². The molecule has 9 nitrogen and oxygen atoms in total. The number of aromatic nitrogens is 6. The number of nitrogens with zero attached hydrogens (tertiary/aromatic N) is 5. The highest BCUT2D eigenvalue weighted by molar-refractivity contribution is 5.95. The van der Waals surface area contributed by atoms with Crippen molar-refractivity contribution < 1.29 is 13.6 Å². The molecule has 0 saturated carbocycles. The third-order valence-electron chi connectivity index (χ3n) is 4.44. The largest absolute Gasteiger partial charge is 0.378 e. The van der Waals surface area contributed by atoms with Crippen molar-refractivity contribution in [2.75, 3.05) is 5.32 Å². The van der Waals surface area contributed by atoms with E-state index >= 15 is 0 Å². The molecule has 31 heavy (non-hydrogen) atoms. The summed E-state index contributed by atoms with van der Waals surface area (Å²) in [6.07, 6.45) is 5.78. The van der Waals surface area contributed by atoms with E-state index in [1.807, 2.05) is 12.1 Å². The molecule has 0 saturated heterocycles. The fourth-order valence-electron chi connectivity index (χ4n) is 2.89. The number of amides is 1. The Morgan fingerprint density at radius 3 is 2.74 bits per heavy atom. The quantitative estimate of drug-likeness (QED) is 0.401. The maximum atomic E-state index is 12.9. The van der Waals surface area contributed by atoms with E-state index in [4.69, 9.17) is 0 Å². The van der Waals surface area contributed by atoms with Gasteiger partial charge in [-0.25, -0.2) is 4.98 Å². The number of pyridine rings is 1. The molecular formula is C20H18F2N8O. The zero-order chi connectivity index (χ0) is 21.6. The molecule has 0 fully saturated rings. The van der Waals surface area contributed by atoms with Crippen LogP contribution in [0, 0.1) is 0 Å². The Hall–Kier alpha value is -4.15. The van der Waals surface area contributed by atoms with Crippen LogP contribution in [0.15, 0.2) is 61.2 Å². The van der Waals surface area contributed by atoms with Crippen LogP contribution in [0.3, 0.4) is 0 Å². The summed E-state index contributed by atoms with van der Waals surface area (Å²) >= 11 is 0. The lowest BCUT2D eigenvalue weighted by Crippen LogP contribution is -2.25. The Morgan fingerprint density at radius 1 is 1.10 bits per heavy atom. The maximum absolute atomic E-state index is 12.9. The molecule has 1 amide bonds. The van der Waals surface area contributed by atoms with E-state index in [0.717, 1.165) is 5.56 Å². The van der Waals surface area contributed by atoms with Crippen LogP contribution in [-0.4, -0.2) is 35.6 Å². The standard InChI is InChI=1S/C20H18F2N8O/c21-20(22)30-9-8-24-17(30)12-26-19(31)14-2-1-3-15(10-14)25-11-16-27-18(29-28-16)13-4-6-23-7-5-13/h1-10,20,25H,11-12H2,(H,26,31)(H,27,28,29). The predicted octanol–water partition coefficient (Wildman–Crippen LogP) is 3.00. The zero-order valence-electron chi connectivity index (χ0n) is 16.2. The molecule has 1 aromatic carbocycles. The summed E-state index contributed by atoms with van der Waals surface area (Å²) in [4.78, 5) is 23.3. The van der Waals surface area contributed by atoms with Gasteiger partial charge in [-0.1, -0.05) is 6.07 Å². The van der Waals surface area contributed by atoms with Crippen LogP contribution in [-0.2, 0) is 13.1 Å². The van der Waals surface area contributed by atoms with E-state index in [0.29, 0.717) is 34.0 Å². The van der Waals surface area contributed by atoms with Gasteiger partial charge in [0.05, 0.1) is 13.1 Å². The zero-order valence-corrected chi connectivity index (χ0v) is 16.2. The number of anilines is 1. The molecule has 4 rings (SSSR count). The molecular weight excluding hydrogens is 406 g/mol. The van der Waals surface area contributed by atoms with Gasteiger partial charge >= 0.3 is 6.55 Å². The van der Waals surface area contributed by atoms with Crippen molar-refractivity contribution in [3.8, 4) is 11.4 Å². The molecule has 158 valence electrons. The van der Waals surface area contributed by atoms with Gasteiger partial charge in [-0.3, -0.25) is 14.3 Å². The molecule has 11 heteroatoms. The molecule has 3 heterocycles. The fraction of sp³-hybridized carbons (Fsp3) is 0.150. The summed E-state index contributed by atoms with van der Waals surface area (Å²) in [6.45, 7) is -2.45. The fourth-order valence-corrected chi connectivity index (χ4v) is 2.89. The number of alkyl halides is 2. The number of rotatable bonds is 8. The minimum Gasteiger partial charge on any atom is -0.378 e. The second-order valence-corrected chi connectivity index (χ2v) is 6.50. The van der Waals surface area contributed by atoms with E-state index < -0.39 is 12.5 Å². The predicted molar refractivity (Wildman–Crippen MR) is 108 cm³/mol. The highest BCUT2D eigenvalue weighted by atomic mass is 19.3. The van der Waals surface area contributed by atoms with E-state index in [9.17, 15) is 13.6 Å². The van der Waals surface area contributed by atoms with Crippen molar-refractivity contribution in [2.24, 2.45) is 0 Å². The van der Waals surface area contributed by atoms with Gasteiger partial charge in [0.1, 0.15) is 11.6 Å². The molecule has 3 aromatic heterocycles. The number of halogens is 2. The summed E-state index contributed by atoms with van der Waals surface area (Å²) in [5.74, 6) is 0.940. The number of benzene rings is 1. The van der Waals surface area contributed by atoms with Gasteiger partial charge in [0, 0.05) is 41.6 Å². The first kappa shape index (κ1) is 20.1. The molecule has 0 atom stereocenters. The number of carbonyl (C=O) groups excluding carboxylic acids is 1. The third kappa shape index (κ3) is 4.89. The van der Waals surface area contributed by atoms with Crippen LogP contribution in [0.5, 0.6) is 0 Å². The Balaban J connectivity index is 1.35. The number of hydrogen-bond donors (Lipinski definition) is 3. The molecule has 0 aliphatic carbocycles. The van der Waals surface area contributed by atoms with Gasteiger partial charge in [-0.2, -0.15) is 8.78 Å². The lowest BCUT2D eigenvalue weighted by Gasteiger charge is -2.09. The first-order valence-corrected chi connectivity index (χ1v) is 9.34. The molecule has 3 N–H and O–H groups in total. The van der Waals surface area contributed by atoms with Crippen LogP contribution >= 0.6 is 0 Å². The molecule has 0 bridgehead atoms. The molecule has 4 aromatic rings. The lowest BCUT2D eigenvalue weighted by molar-refractivity contribution is 0.0660. The Kier molecular flexibility index (Phi) is 5.92. The Labute approximate surface area is 175 Å². The smallest absolute Gasteiger partial charge is 0.319 e. The average molecular weight is 424 g/mol. The number of carbonyl (C=O) groups is 1. The van der Waals surface area contributed by atoms with Crippen LogP contribution in [0.2, 0.25) is 0 Å². The van der Waals surface area contributed by atoms with E-state index in [2.05, 4.69) is 35.8 Å². The first-order valence-electron chi connectivity index (χ1n) is 9.34. The molecule has 0 aliphatic rings. The minimum absolute atomic E-state index is 0.0768. The van der Waals surface area contributed by atoms with E-state index in [1.54, 1.807) is 36.7 Å². The summed E-state index contributed by atoms with van der Waals surface area (Å²) in [5.41, 5.74) is 1.96. The van der Waals surface area contributed by atoms with Gasteiger partial charge in [0.15, 0.2) is 5.82 Å². The van der Waals surface area contributed by atoms with Crippen LogP contribution in [0.4, 0.5) is 14.5 Å². The number of aromatic amines is 1. The molecule has 0 unspecified atom stereocenters. The van der Waals surface area contributed by atoms with E-state index in [-0.39, 0.29) is 12.4 Å². The topological polar surface area (TPSA) is 113 Å². The second-order valence-electron chi connectivity index (χ2n) is 6.50. The average Bonchev–Trinajstić information content (AvgIpc) is 3.46. The maximum Gasteiger partial charge on any atom is 0.319 e. The number of hydrogen-bond acceptors (Lipinski definition) is 6. The molecule has 0 aliphatic heterocycles. The summed E-state index contributed by atoms with van der Waals surface area (Å²) < 4.78 is 26.4. The van der Waals surface area contributed by atoms with Crippen LogP contribution < -0.4 is 10.6 Å². The van der Waals surface area contributed by atoms with Crippen molar-refractivity contribution in [1.82, 2.24) is 35.0 Å². The van der Waals surface area contributed by atoms with Crippen molar-refractivity contribution >= 4 is 11.6 Å². The highest BCUT2D eigenvalue weighted by Gasteiger charge is 2.13.